The fourth-order valence-corrected chi connectivity index (χ4v) is 4.26. The Labute approximate surface area is 156 Å². The molecule has 1 aliphatic heterocycles. The maximum atomic E-state index is 3.63. The first-order valence-corrected chi connectivity index (χ1v) is 8.72. The van der Waals surface area contributed by atoms with Gasteiger partial charge in [0.15, 0.2) is 0 Å². The van der Waals surface area contributed by atoms with Crippen molar-refractivity contribution >= 4 is 56.7 Å². The molecule has 1 saturated carbocycles. The van der Waals surface area contributed by atoms with Crippen LogP contribution >= 0.6 is 56.7 Å². The molecule has 3 rings (SSSR count). The third kappa shape index (κ3) is 5.67. The Bertz CT molecular complexity index is 429. The van der Waals surface area contributed by atoms with Gasteiger partial charge in [-0.2, -0.15) is 0 Å². The fraction of sp³-hybridized carbons (Fsp3) is 0.600. The van der Waals surface area contributed by atoms with Crippen molar-refractivity contribution in [2.75, 3.05) is 26.2 Å². The number of halogens is 4. The van der Waals surface area contributed by atoms with Gasteiger partial charge in [0.25, 0.3) is 0 Å². The van der Waals surface area contributed by atoms with Gasteiger partial charge >= 0.3 is 0 Å². The van der Waals surface area contributed by atoms with Crippen molar-refractivity contribution in [3.8, 4) is 0 Å². The van der Waals surface area contributed by atoms with Crippen LogP contribution < -0.4 is 5.32 Å². The van der Waals surface area contributed by atoms with Crippen LogP contribution in [0.5, 0.6) is 0 Å². The van der Waals surface area contributed by atoms with Gasteiger partial charge in [0.2, 0.25) is 0 Å². The topological polar surface area (TPSA) is 15.3 Å². The molecule has 2 fully saturated rings. The molecule has 2 nitrogen and oxygen atoms in total. The number of hydrogen-bond donors (Lipinski definition) is 1. The zero-order chi connectivity index (χ0) is 13.2. The Morgan fingerprint density at radius 1 is 1.05 bits per heavy atom. The van der Waals surface area contributed by atoms with E-state index in [-0.39, 0.29) is 24.8 Å². The number of nitrogens with zero attached hydrogens (tertiary/aromatic N) is 1. The third-order valence-corrected chi connectivity index (χ3v) is 5.03. The minimum Gasteiger partial charge on any atom is -0.314 e. The van der Waals surface area contributed by atoms with Gasteiger partial charge < -0.3 is 5.32 Å². The van der Waals surface area contributed by atoms with E-state index in [0.29, 0.717) is 6.04 Å². The first kappa shape index (κ1) is 19.7. The summed E-state index contributed by atoms with van der Waals surface area (Å²) in [4.78, 5) is 2.66. The highest BCUT2D eigenvalue weighted by Crippen LogP contribution is 2.41. The fourth-order valence-electron chi connectivity index (χ4n) is 2.93. The summed E-state index contributed by atoms with van der Waals surface area (Å²) in [5, 5.41) is 3.45. The molecule has 0 unspecified atom stereocenters. The van der Waals surface area contributed by atoms with Gasteiger partial charge in [0.05, 0.1) is 0 Å². The van der Waals surface area contributed by atoms with Crippen molar-refractivity contribution in [3.63, 3.8) is 0 Å². The molecule has 6 heteroatoms. The van der Waals surface area contributed by atoms with Crippen molar-refractivity contribution in [2.24, 2.45) is 5.92 Å². The van der Waals surface area contributed by atoms with E-state index >= 15 is 0 Å². The van der Waals surface area contributed by atoms with Gasteiger partial charge in [-0.15, -0.1) is 24.8 Å². The predicted octanol–water partition coefficient (Wildman–Crippen LogP) is 4.80. The molecule has 1 aliphatic carbocycles. The van der Waals surface area contributed by atoms with Crippen molar-refractivity contribution < 1.29 is 0 Å². The number of hydrogen-bond acceptors (Lipinski definition) is 2. The monoisotopic (exact) mass is 458 g/mol. The summed E-state index contributed by atoms with van der Waals surface area (Å²) in [5.74, 6) is 0.956. The number of piperazine rings is 1. The van der Waals surface area contributed by atoms with Crippen LogP contribution in [-0.4, -0.2) is 31.1 Å². The molecule has 1 atom stereocenters. The Kier molecular flexibility index (Phi) is 8.54. The lowest BCUT2D eigenvalue weighted by Gasteiger charge is -2.35. The molecular formula is C15H22Br2Cl2N2. The average molecular weight is 461 g/mol. The standard InChI is InChI=1S/C15H20Br2N2.2ClH/c16-13-8-12(9-14(17)10-13)15(7-11-1-2-11)19-5-3-18-4-6-19;;/h8-11,15,18H,1-7H2;2*1H/t15-;;/m0../s1. The van der Waals surface area contributed by atoms with E-state index < -0.39 is 0 Å². The Balaban J connectivity index is 0.00000110. The zero-order valence-corrected chi connectivity index (χ0v) is 16.7. The smallest absolute Gasteiger partial charge is 0.0352 e. The molecule has 0 amide bonds. The van der Waals surface area contributed by atoms with Gasteiger partial charge in [-0.1, -0.05) is 44.7 Å². The molecule has 0 bridgehead atoms. The van der Waals surface area contributed by atoms with E-state index in [1.807, 2.05) is 0 Å². The van der Waals surface area contributed by atoms with E-state index in [1.54, 1.807) is 0 Å². The SMILES string of the molecule is Brc1cc(Br)cc([C@H](CC2CC2)N2CCNCC2)c1.Cl.Cl. The van der Waals surface area contributed by atoms with Gasteiger partial charge in [0, 0.05) is 41.2 Å². The van der Waals surface area contributed by atoms with E-state index in [2.05, 4.69) is 60.3 Å². The van der Waals surface area contributed by atoms with E-state index in [1.165, 1.54) is 46.9 Å². The van der Waals surface area contributed by atoms with Crippen LogP contribution in [0.15, 0.2) is 27.1 Å². The molecule has 1 aromatic carbocycles. The lowest BCUT2D eigenvalue weighted by atomic mass is 9.99. The lowest BCUT2D eigenvalue weighted by Crippen LogP contribution is -2.45. The molecule has 1 heterocycles. The Morgan fingerprint density at radius 2 is 1.62 bits per heavy atom. The number of nitrogens with one attached hydrogen (secondary N) is 1. The van der Waals surface area contributed by atoms with Crippen molar-refractivity contribution in [1.82, 2.24) is 10.2 Å². The molecule has 0 spiro atoms. The highest BCUT2D eigenvalue weighted by molar-refractivity contribution is 9.11. The molecule has 120 valence electrons. The molecule has 21 heavy (non-hydrogen) atoms. The van der Waals surface area contributed by atoms with Crippen LogP contribution in [-0.2, 0) is 0 Å². The van der Waals surface area contributed by atoms with Crippen LogP contribution in [0.2, 0.25) is 0 Å². The molecule has 0 aromatic heterocycles. The normalized spacial score (nSPS) is 20.3. The summed E-state index contributed by atoms with van der Waals surface area (Å²) in [6, 6.07) is 7.29. The van der Waals surface area contributed by atoms with Crippen molar-refractivity contribution in [3.05, 3.63) is 32.7 Å². The summed E-state index contributed by atoms with van der Waals surface area (Å²) in [5.41, 5.74) is 1.45. The van der Waals surface area contributed by atoms with Crippen LogP contribution in [0.25, 0.3) is 0 Å². The molecule has 2 aliphatic rings. The second-order valence-corrected chi connectivity index (χ2v) is 7.51. The minimum absolute atomic E-state index is 0. The predicted molar refractivity (Wildman–Crippen MR) is 101 cm³/mol. The summed E-state index contributed by atoms with van der Waals surface area (Å²) < 4.78 is 2.35. The number of rotatable bonds is 4. The first-order chi connectivity index (χ1) is 9.22. The second-order valence-electron chi connectivity index (χ2n) is 5.68. The summed E-state index contributed by atoms with van der Waals surface area (Å²) in [7, 11) is 0. The van der Waals surface area contributed by atoms with Gasteiger partial charge in [0.1, 0.15) is 0 Å². The van der Waals surface area contributed by atoms with Gasteiger partial charge in [-0.25, -0.2) is 0 Å². The van der Waals surface area contributed by atoms with Crippen molar-refractivity contribution in [2.45, 2.75) is 25.3 Å². The maximum Gasteiger partial charge on any atom is 0.0352 e. The molecule has 1 saturated heterocycles. The number of benzene rings is 1. The summed E-state index contributed by atoms with van der Waals surface area (Å²) >= 11 is 7.25. The molecule has 1 N–H and O–H groups in total. The van der Waals surface area contributed by atoms with Gasteiger partial charge in [-0.3, -0.25) is 4.90 Å². The highest BCUT2D eigenvalue weighted by Gasteiger charge is 2.30. The van der Waals surface area contributed by atoms with Crippen LogP contribution in [0, 0.1) is 5.92 Å². The van der Waals surface area contributed by atoms with Crippen LogP contribution in [0.3, 0.4) is 0 Å². The maximum absolute atomic E-state index is 3.63. The Hall–Kier alpha value is 0.680. The van der Waals surface area contributed by atoms with E-state index in [0.717, 1.165) is 19.0 Å². The summed E-state index contributed by atoms with van der Waals surface area (Å²) in [6.45, 7) is 4.58. The zero-order valence-electron chi connectivity index (χ0n) is 11.9. The van der Waals surface area contributed by atoms with E-state index in [4.69, 9.17) is 0 Å². The van der Waals surface area contributed by atoms with Crippen LogP contribution in [0.4, 0.5) is 0 Å². The lowest BCUT2D eigenvalue weighted by molar-refractivity contribution is 0.160. The first-order valence-electron chi connectivity index (χ1n) is 7.13. The third-order valence-electron chi connectivity index (χ3n) is 4.12. The second kappa shape index (κ2) is 9.09. The average Bonchev–Trinajstić information content (AvgIpc) is 3.20. The summed E-state index contributed by atoms with van der Waals surface area (Å²) in [6.07, 6.45) is 4.18. The Morgan fingerprint density at radius 3 is 2.14 bits per heavy atom. The molecule has 1 aromatic rings. The van der Waals surface area contributed by atoms with Gasteiger partial charge in [-0.05, 0) is 36.1 Å². The minimum atomic E-state index is 0. The highest BCUT2D eigenvalue weighted by atomic mass is 79.9. The van der Waals surface area contributed by atoms with Crippen molar-refractivity contribution in [1.29, 1.82) is 0 Å². The van der Waals surface area contributed by atoms with E-state index in [9.17, 15) is 0 Å². The molecular weight excluding hydrogens is 439 g/mol. The van der Waals surface area contributed by atoms with Crippen LogP contribution in [0.1, 0.15) is 30.9 Å². The largest absolute Gasteiger partial charge is 0.314 e. The molecule has 0 radical (unpaired) electrons. The quantitative estimate of drug-likeness (QED) is 0.694.